The van der Waals surface area contributed by atoms with Crippen molar-refractivity contribution in [2.45, 2.75) is 30.1 Å². The molecule has 24 heavy (non-hydrogen) atoms. The average Bonchev–Trinajstić information content (AvgIpc) is 2.74. The van der Waals surface area contributed by atoms with E-state index in [2.05, 4.69) is 31.2 Å². The highest BCUT2D eigenvalue weighted by molar-refractivity contribution is 7.99. The zero-order valence-corrected chi connectivity index (χ0v) is 15.3. The summed E-state index contributed by atoms with van der Waals surface area (Å²) in [6.07, 6.45) is 0.903. The molecule has 0 unspecified atom stereocenters. The Bertz CT molecular complexity index is 780. The van der Waals surface area contributed by atoms with Crippen LogP contribution in [0.1, 0.15) is 31.4 Å². The molecule has 2 aromatic carbocycles. The molecule has 0 N–H and O–H groups in total. The molecule has 0 amide bonds. The molecule has 0 radical (unpaired) electrons. The number of methoxy groups -OCH3 is 2. The summed E-state index contributed by atoms with van der Waals surface area (Å²) in [5, 5.41) is 0. The van der Waals surface area contributed by atoms with Crippen LogP contribution in [0.15, 0.2) is 46.2 Å². The van der Waals surface area contributed by atoms with Crippen LogP contribution < -0.4 is 9.47 Å². The maximum Gasteiger partial charge on any atom is 0.161 e. The van der Waals surface area contributed by atoms with Gasteiger partial charge in [0.25, 0.3) is 0 Å². The molecule has 0 aromatic heterocycles. The van der Waals surface area contributed by atoms with E-state index in [1.54, 1.807) is 26.0 Å². The molecule has 0 saturated heterocycles. The molecular formula is C20H22O3S. The van der Waals surface area contributed by atoms with Gasteiger partial charge >= 0.3 is 0 Å². The number of rotatable bonds is 5. The van der Waals surface area contributed by atoms with E-state index in [-0.39, 0.29) is 0 Å². The molecule has 1 heterocycles. The van der Waals surface area contributed by atoms with Gasteiger partial charge in [-0.25, -0.2) is 0 Å². The Morgan fingerprint density at radius 3 is 2.25 bits per heavy atom. The predicted molar refractivity (Wildman–Crippen MR) is 98.8 cm³/mol. The fraction of sp³-hybridized carbons (Fsp3) is 0.300. The van der Waals surface area contributed by atoms with Gasteiger partial charge < -0.3 is 14.2 Å². The van der Waals surface area contributed by atoms with Crippen molar-refractivity contribution < 1.29 is 14.2 Å². The Morgan fingerprint density at radius 1 is 0.875 bits per heavy atom. The normalized spacial score (nSPS) is 13.0. The molecule has 0 spiro atoms. The number of allylic oxidation sites excluding steroid dienone is 1. The van der Waals surface area contributed by atoms with Gasteiger partial charge in [0.15, 0.2) is 11.5 Å². The lowest BCUT2D eigenvalue weighted by Crippen LogP contribution is -1.99. The maximum atomic E-state index is 6.09. The summed E-state index contributed by atoms with van der Waals surface area (Å²) in [7, 11) is 3.32. The van der Waals surface area contributed by atoms with Gasteiger partial charge in [-0.1, -0.05) is 36.9 Å². The quantitative estimate of drug-likeness (QED) is 0.719. The summed E-state index contributed by atoms with van der Waals surface area (Å²) < 4.78 is 17.1. The number of hydrogen-bond donors (Lipinski definition) is 0. The molecule has 2 aromatic rings. The zero-order chi connectivity index (χ0) is 17.1. The third-order valence-electron chi connectivity index (χ3n) is 4.08. The number of benzene rings is 2. The van der Waals surface area contributed by atoms with Crippen molar-refractivity contribution in [3.05, 3.63) is 47.5 Å². The second-order valence-corrected chi connectivity index (χ2v) is 6.48. The summed E-state index contributed by atoms with van der Waals surface area (Å²) in [6.45, 7) is 4.81. The molecule has 4 heteroatoms. The first-order chi connectivity index (χ1) is 11.7. The van der Waals surface area contributed by atoms with Gasteiger partial charge in [-0.05, 0) is 37.1 Å². The Morgan fingerprint density at radius 2 is 1.58 bits per heavy atom. The molecule has 0 aliphatic carbocycles. The Balaban J connectivity index is 2.32. The van der Waals surface area contributed by atoms with Crippen molar-refractivity contribution in [3.63, 3.8) is 0 Å². The van der Waals surface area contributed by atoms with Gasteiger partial charge in [0.2, 0.25) is 0 Å². The van der Waals surface area contributed by atoms with Crippen LogP contribution in [-0.2, 0) is 4.74 Å². The van der Waals surface area contributed by atoms with Gasteiger partial charge in [-0.3, -0.25) is 0 Å². The van der Waals surface area contributed by atoms with Crippen LogP contribution >= 0.6 is 11.8 Å². The summed E-state index contributed by atoms with van der Waals surface area (Å²) in [5.41, 5.74) is 3.53. The van der Waals surface area contributed by atoms with E-state index in [1.807, 2.05) is 19.1 Å². The fourth-order valence-electron chi connectivity index (χ4n) is 2.99. The van der Waals surface area contributed by atoms with Crippen molar-refractivity contribution in [2.24, 2.45) is 0 Å². The van der Waals surface area contributed by atoms with E-state index in [0.717, 1.165) is 34.1 Å². The van der Waals surface area contributed by atoms with Gasteiger partial charge in [0.1, 0.15) is 5.76 Å². The summed E-state index contributed by atoms with van der Waals surface area (Å²) in [6, 6.07) is 12.5. The Labute approximate surface area is 147 Å². The minimum atomic E-state index is 0.624. The summed E-state index contributed by atoms with van der Waals surface area (Å²) in [4.78, 5) is 2.35. The van der Waals surface area contributed by atoms with Gasteiger partial charge in [0.05, 0.1) is 20.8 Å². The van der Waals surface area contributed by atoms with E-state index in [9.17, 15) is 0 Å². The molecule has 3 nitrogen and oxygen atoms in total. The van der Waals surface area contributed by atoms with Crippen molar-refractivity contribution >= 4 is 23.1 Å². The minimum absolute atomic E-state index is 0.624. The molecule has 3 rings (SSSR count). The molecular weight excluding hydrogens is 320 g/mol. The third-order valence-corrected chi connectivity index (χ3v) is 5.21. The lowest BCUT2D eigenvalue weighted by molar-refractivity contribution is 0.297. The van der Waals surface area contributed by atoms with Gasteiger partial charge in [-0.15, -0.1) is 0 Å². The standard InChI is InChI=1S/C20H22O3S/c1-5-13-14-9-7-8-10-18(14)24-19-12-17(22-4)16(21-3)11-15(19)20(13)23-6-2/h7-12H,5-6H2,1-4H3. The molecule has 126 valence electrons. The monoisotopic (exact) mass is 342 g/mol. The second-order valence-electron chi connectivity index (χ2n) is 5.40. The fourth-order valence-corrected chi connectivity index (χ4v) is 4.10. The van der Waals surface area contributed by atoms with E-state index < -0.39 is 0 Å². The van der Waals surface area contributed by atoms with E-state index >= 15 is 0 Å². The van der Waals surface area contributed by atoms with E-state index in [1.165, 1.54) is 16.0 Å². The van der Waals surface area contributed by atoms with Crippen LogP contribution in [0, 0.1) is 0 Å². The van der Waals surface area contributed by atoms with Gasteiger partial charge in [-0.2, -0.15) is 0 Å². The number of fused-ring (bicyclic) bond motifs is 2. The predicted octanol–water partition coefficient (Wildman–Crippen LogP) is 5.48. The van der Waals surface area contributed by atoms with Crippen molar-refractivity contribution in [3.8, 4) is 11.5 Å². The third kappa shape index (κ3) is 2.86. The molecule has 1 aliphatic rings. The molecule has 0 fully saturated rings. The lowest BCUT2D eigenvalue weighted by atomic mass is 9.98. The number of hydrogen-bond acceptors (Lipinski definition) is 4. The lowest BCUT2D eigenvalue weighted by Gasteiger charge is -2.17. The van der Waals surface area contributed by atoms with E-state index in [4.69, 9.17) is 14.2 Å². The maximum absolute atomic E-state index is 6.09. The van der Waals surface area contributed by atoms with Crippen molar-refractivity contribution in [2.75, 3.05) is 20.8 Å². The average molecular weight is 342 g/mol. The smallest absolute Gasteiger partial charge is 0.161 e. The number of ether oxygens (including phenoxy) is 3. The SMILES string of the molecule is CCOC1=C(CC)c2ccccc2Sc2cc(OC)c(OC)cc21. The second kappa shape index (κ2) is 7.22. The van der Waals surface area contributed by atoms with Crippen LogP contribution in [-0.4, -0.2) is 20.8 Å². The van der Waals surface area contributed by atoms with Crippen molar-refractivity contribution in [1.82, 2.24) is 0 Å². The molecule has 0 bridgehead atoms. The van der Waals surface area contributed by atoms with Crippen LogP contribution in [0.4, 0.5) is 0 Å². The minimum Gasteiger partial charge on any atom is -0.493 e. The molecule has 0 atom stereocenters. The Kier molecular flexibility index (Phi) is 5.05. The van der Waals surface area contributed by atoms with E-state index in [0.29, 0.717) is 6.61 Å². The van der Waals surface area contributed by atoms with Crippen molar-refractivity contribution in [1.29, 1.82) is 0 Å². The van der Waals surface area contributed by atoms with Crippen LogP contribution in [0.25, 0.3) is 11.3 Å². The van der Waals surface area contributed by atoms with Crippen LogP contribution in [0.5, 0.6) is 11.5 Å². The summed E-state index contributed by atoms with van der Waals surface area (Å²) in [5.74, 6) is 2.39. The largest absolute Gasteiger partial charge is 0.493 e. The van der Waals surface area contributed by atoms with Gasteiger partial charge in [0, 0.05) is 20.9 Å². The first-order valence-corrected chi connectivity index (χ1v) is 8.94. The van der Waals surface area contributed by atoms with Crippen LogP contribution in [0.2, 0.25) is 0 Å². The first kappa shape index (κ1) is 16.8. The highest BCUT2D eigenvalue weighted by atomic mass is 32.2. The topological polar surface area (TPSA) is 27.7 Å². The highest BCUT2D eigenvalue weighted by Gasteiger charge is 2.24. The Hall–Kier alpha value is -2.07. The molecule has 1 aliphatic heterocycles. The first-order valence-electron chi connectivity index (χ1n) is 8.13. The van der Waals surface area contributed by atoms with Crippen LogP contribution in [0.3, 0.4) is 0 Å². The summed E-state index contributed by atoms with van der Waals surface area (Å²) >= 11 is 1.74. The zero-order valence-electron chi connectivity index (χ0n) is 14.5. The highest BCUT2D eigenvalue weighted by Crippen LogP contribution is 2.48. The molecule has 0 saturated carbocycles.